The summed E-state index contributed by atoms with van der Waals surface area (Å²) in [5.41, 5.74) is 0.465. The normalized spacial score (nSPS) is 40.2. The summed E-state index contributed by atoms with van der Waals surface area (Å²) in [5.74, 6) is 4.41. The predicted molar refractivity (Wildman–Crippen MR) is 77.5 cm³/mol. The number of hydrogen-bond acceptors (Lipinski definition) is 3. The molecule has 20 heavy (non-hydrogen) atoms. The molecule has 1 heterocycles. The zero-order valence-corrected chi connectivity index (χ0v) is 12.9. The summed E-state index contributed by atoms with van der Waals surface area (Å²) in [4.78, 5) is 4.55. The summed E-state index contributed by atoms with van der Waals surface area (Å²) in [6, 6.07) is 0. The fraction of sp³-hybridized carbons (Fsp3) is 0.875. The first kappa shape index (κ1) is 13.1. The highest BCUT2D eigenvalue weighted by Gasteiger charge is 2.51. The molecule has 1 atom stereocenters. The van der Waals surface area contributed by atoms with Crippen LogP contribution in [0, 0.1) is 23.2 Å². The van der Waals surface area contributed by atoms with Crippen molar-refractivity contribution in [1.29, 1.82) is 0 Å². The molecule has 5 rings (SSSR count). The van der Waals surface area contributed by atoms with Crippen molar-refractivity contribution in [2.24, 2.45) is 23.2 Å². The Hall–Kier alpha value is -0.570. The SMILES string of the molecule is CCC(Cl)c1noc(CC23CC4CC(CC(C4)C2)C3)n1. The molecule has 0 spiro atoms. The minimum absolute atomic E-state index is 0.108. The van der Waals surface area contributed by atoms with E-state index in [0.29, 0.717) is 11.2 Å². The molecule has 1 unspecified atom stereocenters. The molecule has 0 aliphatic heterocycles. The molecule has 0 N–H and O–H groups in total. The van der Waals surface area contributed by atoms with Gasteiger partial charge >= 0.3 is 0 Å². The van der Waals surface area contributed by atoms with Gasteiger partial charge in [-0.15, -0.1) is 11.6 Å². The van der Waals surface area contributed by atoms with Gasteiger partial charge in [0.1, 0.15) is 0 Å². The molecule has 4 saturated carbocycles. The van der Waals surface area contributed by atoms with Crippen molar-refractivity contribution in [3.63, 3.8) is 0 Å². The Morgan fingerprint density at radius 2 is 1.80 bits per heavy atom. The number of rotatable bonds is 4. The molecule has 4 bridgehead atoms. The Morgan fingerprint density at radius 1 is 1.20 bits per heavy atom. The summed E-state index contributed by atoms with van der Waals surface area (Å²) >= 11 is 6.19. The molecule has 1 aromatic rings. The number of nitrogens with zero attached hydrogens (tertiary/aromatic N) is 2. The molecule has 0 aromatic carbocycles. The number of alkyl halides is 1. The van der Waals surface area contributed by atoms with E-state index in [4.69, 9.17) is 16.1 Å². The zero-order chi connectivity index (χ0) is 13.7. The largest absolute Gasteiger partial charge is 0.339 e. The van der Waals surface area contributed by atoms with Gasteiger partial charge in [-0.05, 0) is 68.1 Å². The fourth-order valence-corrected chi connectivity index (χ4v) is 5.57. The van der Waals surface area contributed by atoms with Crippen LogP contribution in [-0.4, -0.2) is 10.1 Å². The topological polar surface area (TPSA) is 38.9 Å². The smallest absolute Gasteiger partial charge is 0.227 e. The molecule has 0 radical (unpaired) electrons. The molecule has 0 amide bonds. The summed E-state index contributed by atoms with van der Waals surface area (Å²) < 4.78 is 5.48. The number of aromatic nitrogens is 2. The van der Waals surface area contributed by atoms with Gasteiger partial charge < -0.3 is 4.52 Å². The van der Waals surface area contributed by atoms with E-state index in [2.05, 4.69) is 10.1 Å². The first-order valence-corrected chi connectivity index (χ1v) is 8.56. The molecular weight excluding hydrogens is 272 g/mol. The molecule has 0 saturated heterocycles. The van der Waals surface area contributed by atoms with Crippen molar-refractivity contribution in [2.75, 3.05) is 0 Å². The van der Waals surface area contributed by atoms with Crippen molar-refractivity contribution in [2.45, 2.75) is 63.7 Å². The lowest BCUT2D eigenvalue weighted by atomic mass is 9.49. The third-order valence-corrected chi connectivity index (χ3v) is 6.32. The number of hydrogen-bond donors (Lipinski definition) is 0. The summed E-state index contributed by atoms with van der Waals surface area (Å²) in [6.45, 7) is 2.05. The Labute approximate surface area is 125 Å². The molecule has 1 aromatic heterocycles. The van der Waals surface area contributed by atoms with Gasteiger partial charge in [0.25, 0.3) is 0 Å². The van der Waals surface area contributed by atoms with E-state index in [1.165, 1.54) is 38.5 Å². The Balaban J connectivity index is 1.52. The summed E-state index contributed by atoms with van der Waals surface area (Å²) in [7, 11) is 0. The quantitative estimate of drug-likeness (QED) is 0.767. The van der Waals surface area contributed by atoms with Crippen LogP contribution < -0.4 is 0 Å². The molecular formula is C16H23ClN2O. The highest BCUT2D eigenvalue weighted by Crippen LogP contribution is 2.60. The maximum Gasteiger partial charge on any atom is 0.227 e. The van der Waals surface area contributed by atoms with Gasteiger partial charge in [0.15, 0.2) is 5.82 Å². The Bertz CT molecular complexity index is 463. The van der Waals surface area contributed by atoms with E-state index in [0.717, 1.165) is 36.5 Å². The first-order valence-electron chi connectivity index (χ1n) is 8.12. The molecule has 4 aliphatic carbocycles. The van der Waals surface area contributed by atoms with E-state index in [1.807, 2.05) is 6.92 Å². The standard InChI is InChI=1S/C16H23ClN2O/c1-2-13(17)15-18-14(20-19-15)9-16-6-10-3-11(7-16)5-12(4-10)8-16/h10-13H,2-9H2,1H3. The molecule has 4 aliphatic rings. The van der Waals surface area contributed by atoms with Gasteiger partial charge in [-0.2, -0.15) is 4.98 Å². The van der Waals surface area contributed by atoms with Crippen LogP contribution in [0.15, 0.2) is 4.52 Å². The predicted octanol–water partition coefficient (Wildman–Crippen LogP) is 4.52. The van der Waals surface area contributed by atoms with Crippen molar-refractivity contribution in [1.82, 2.24) is 10.1 Å². The van der Waals surface area contributed by atoms with E-state index in [1.54, 1.807) is 0 Å². The van der Waals surface area contributed by atoms with Crippen LogP contribution in [-0.2, 0) is 6.42 Å². The minimum atomic E-state index is -0.108. The highest BCUT2D eigenvalue weighted by molar-refractivity contribution is 6.20. The van der Waals surface area contributed by atoms with Crippen molar-refractivity contribution >= 4 is 11.6 Å². The van der Waals surface area contributed by atoms with Gasteiger partial charge in [-0.25, -0.2) is 0 Å². The maximum atomic E-state index is 6.19. The number of halogens is 1. The average molecular weight is 295 g/mol. The van der Waals surface area contributed by atoms with Crippen LogP contribution >= 0.6 is 11.6 Å². The minimum Gasteiger partial charge on any atom is -0.339 e. The third-order valence-electron chi connectivity index (χ3n) is 5.81. The van der Waals surface area contributed by atoms with Gasteiger partial charge in [-0.3, -0.25) is 0 Å². The molecule has 4 fully saturated rings. The Kier molecular flexibility index (Phi) is 3.10. The van der Waals surface area contributed by atoms with Crippen LogP contribution in [0.2, 0.25) is 0 Å². The van der Waals surface area contributed by atoms with Gasteiger partial charge in [0.2, 0.25) is 5.89 Å². The van der Waals surface area contributed by atoms with Crippen LogP contribution in [0.4, 0.5) is 0 Å². The van der Waals surface area contributed by atoms with Crippen molar-refractivity contribution in [3.8, 4) is 0 Å². The van der Waals surface area contributed by atoms with Crippen LogP contribution in [0.5, 0.6) is 0 Å². The van der Waals surface area contributed by atoms with Crippen molar-refractivity contribution in [3.05, 3.63) is 11.7 Å². The van der Waals surface area contributed by atoms with E-state index in [-0.39, 0.29) is 5.38 Å². The lowest BCUT2D eigenvalue weighted by Crippen LogP contribution is -2.47. The van der Waals surface area contributed by atoms with Crippen LogP contribution in [0.25, 0.3) is 0 Å². The summed E-state index contributed by atoms with van der Waals surface area (Å²) in [6.07, 6.45) is 10.4. The Morgan fingerprint density at radius 3 is 2.35 bits per heavy atom. The lowest BCUT2D eigenvalue weighted by molar-refractivity contribution is -0.0556. The van der Waals surface area contributed by atoms with E-state index in [9.17, 15) is 0 Å². The van der Waals surface area contributed by atoms with Gasteiger partial charge in [-0.1, -0.05) is 12.1 Å². The second kappa shape index (κ2) is 4.72. The lowest BCUT2D eigenvalue weighted by Gasteiger charge is -2.56. The van der Waals surface area contributed by atoms with E-state index < -0.39 is 0 Å². The second-order valence-electron chi connectivity index (χ2n) is 7.52. The second-order valence-corrected chi connectivity index (χ2v) is 8.04. The fourth-order valence-electron chi connectivity index (χ4n) is 5.48. The first-order chi connectivity index (χ1) is 9.66. The zero-order valence-electron chi connectivity index (χ0n) is 12.1. The average Bonchev–Trinajstić information content (AvgIpc) is 2.83. The molecule has 110 valence electrons. The maximum absolute atomic E-state index is 6.19. The van der Waals surface area contributed by atoms with Crippen molar-refractivity contribution < 1.29 is 4.52 Å². The van der Waals surface area contributed by atoms with Gasteiger partial charge in [0, 0.05) is 6.42 Å². The van der Waals surface area contributed by atoms with Gasteiger partial charge in [0.05, 0.1) is 5.38 Å². The third kappa shape index (κ3) is 2.18. The van der Waals surface area contributed by atoms with Crippen LogP contribution in [0.3, 0.4) is 0 Å². The molecule has 3 nitrogen and oxygen atoms in total. The van der Waals surface area contributed by atoms with Crippen LogP contribution in [0.1, 0.15) is 69.0 Å². The van der Waals surface area contributed by atoms with E-state index >= 15 is 0 Å². The molecule has 4 heteroatoms. The highest BCUT2D eigenvalue weighted by atomic mass is 35.5. The summed E-state index contributed by atoms with van der Waals surface area (Å²) in [5, 5.41) is 3.96. The monoisotopic (exact) mass is 294 g/mol.